The molecule has 8 heteroatoms. The number of hydrogen-bond donors (Lipinski definition) is 0. The van der Waals surface area contributed by atoms with Gasteiger partial charge in [0.15, 0.2) is 11.5 Å². The maximum absolute atomic E-state index is 13.2. The van der Waals surface area contributed by atoms with E-state index in [0.717, 1.165) is 39.9 Å². The van der Waals surface area contributed by atoms with Crippen molar-refractivity contribution in [2.75, 3.05) is 18.4 Å². The molecule has 3 heterocycles. The zero-order valence-electron chi connectivity index (χ0n) is 20.2. The number of fused-ring (bicyclic) bond motifs is 2. The monoisotopic (exact) mass is 482 g/mol. The van der Waals surface area contributed by atoms with Crippen LogP contribution in [0.4, 0.5) is 11.6 Å². The van der Waals surface area contributed by atoms with E-state index in [1.807, 2.05) is 86.6 Å². The summed E-state index contributed by atoms with van der Waals surface area (Å²) in [5, 5.41) is 0. The lowest BCUT2D eigenvalue weighted by Gasteiger charge is -2.38. The molecule has 0 N–H and O–H groups in total. The minimum absolute atomic E-state index is 0.0260. The molecule has 6 rings (SSSR count). The van der Waals surface area contributed by atoms with Crippen LogP contribution in [0.5, 0.6) is 23.0 Å². The minimum atomic E-state index is -0.0260. The van der Waals surface area contributed by atoms with Gasteiger partial charge < -0.3 is 14.2 Å². The minimum Gasteiger partial charge on any atom is -0.457 e. The highest BCUT2D eigenvalue weighted by molar-refractivity contribution is 5.59. The van der Waals surface area contributed by atoms with E-state index >= 15 is 0 Å². The van der Waals surface area contributed by atoms with Crippen molar-refractivity contribution in [1.29, 1.82) is 0 Å². The molecule has 8 nitrogen and oxygen atoms in total. The number of ether oxygens (including phenoxy) is 3. The highest BCUT2D eigenvalue weighted by Gasteiger charge is 2.28. The molecule has 0 amide bonds. The lowest BCUT2D eigenvalue weighted by Crippen LogP contribution is -2.47. The summed E-state index contributed by atoms with van der Waals surface area (Å²) in [4.78, 5) is 22.3. The lowest BCUT2D eigenvalue weighted by molar-refractivity contribution is 0.173. The Morgan fingerprint density at radius 3 is 2.44 bits per heavy atom. The molecule has 0 unspecified atom stereocenters. The highest BCUT2D eigenvalue weighted by Crippen LogP contribution is 2.34. The van der Waals surface area contributed by atoms with E-state index in [9.17, 15) is 4.79 Å². The number of benzene rings is 3. The van der Waals surface area contributed by atoms with Crippen molar-refractivity contribution in [3.8, 4) is 23.0 Å². The van der Waals surface area contributed by atoms with E-state index in [-0.39, 0.29) is 12.4 Å². The zero-order valence-corrected chi connectivity index (χ0v) is 20.2. The molecule has 0 bridgehead atoms. The van der Waals surface area contributed by atoms with Crippen LogP contribution >= 0.6 is 0 Å². The molecular formula is C28H26N4O4. The normalized spacial score (nSPS) is 14.6. The maximum atomic E-state index is 13.2. The number of rotatable bonds is 5. The number of hydrogen-bond acceptors (Lipinski definition) is 7. The van der Waals surface area contributed by atoms with Crippen LogP contribution in [0.3, 0.4) is 0 Å². The lowest BCUT2D eigenvalue weighted by atomic mass is 10.2. The third-order valence-electron chi connectivity index (χ3n) is 6.51. The van der Waals surface area contributed by atoms with E-state index < -0.39 is 0 Å². The predicted octanol–water partition coefficient (Wildman–Crippen LogP) is 4.95. The van der Waals surface area contributed by atoms with Crippen molar-refractivity contribution in [1.82, 2.24) is 14.5 Å². The van der Waals surface area contributed by atoms with Gasteiger partial charge in [-0.05, 0) is 67.9 Å². The molecule has 0 spiro atoms. The van der Waals surface area contributed by atoms with Crippen LogP contribution < -0.4 is 24.7 Å². The van der Waals surface area contributed by atoms with Gasteiger partial charge in [-0.2, -0.15) is 0 Å². The average molecular weight is 483 g/mol. The fraction of sp³-hybridized carbons (Fsp3) is 0.214. The second kappa shape index (κ2) is 9.05. The Morgan fingerprint density at radius 1 is 0.889 bits per heavy atom. The SMILES string of the molecule is Cc1nc2n(c(=O)c1C)CN(Cc1ccc3c(c1)OCO3)CN2c1ccc(Oc2ccccc2)cc1. The summed E-state index contributed by atoms with van der Waals surface area (Å²) in [6, 6.07) is 23.5. The van der Waals surface area contributed by atoms with E-state index in [0.29, 0.717) is 31.4 Å². The van der Waals surface area contributed by atoms with E-state index in [1.54, 1.807) is 4.57 Å². The van der Waals surface area contributed by atoms with E-state index in [1.165, 1.54) is 0 Å². The highest BCUT2D eigenvalue weighted by atomic mass is 16.7. The quantitative estimate of drug-likeness (QED) is 0.399. The van der Waals surface area contributed by atoms with Crippen molar-refractivity contribution in [3.05, 3.63) is 100.0 Å². The van der Waals surface area contributed by atoms with Gasteiger partial charge >= 0.3 is 0 Å². The fourth-order valence-corrected chi connectivity index (χ4v) is 4.50. The number of aryl methyl sites for hydroxylation is 1. The number of aromatic nitrogens is 2. The third kappa shape index (κ3) is 4.16. The summed E-state index contributed by atoms with van der Waals surface area (Å²) in [7, 11) is 0. The summed E-state index contributed by atoms with van der Waals surface area (Å²) in [6.45, 7) is 5.61. The number of para-hydroxylation sites is 1. The Labute approximate surface area is 208 Å². The first-order chi connectivity index (χ1) is 17.5. The van der Waals surface area contributed by atoms with Gasteiger partial charge in [-0.3, -0.25) is 19.2 Å². The van der Waals surface area contributed by atoms with Crippen LogP contribution in [0, 0.1) is 13.8 Å². The predicted molar refractivity (Wildman–Crippen MR) is 136 cm³/mol. The molecule has 36 heavy (non-hydrogen) atoms. The van der Waals surface area contributed by atoms with Gasteiger partial charge in [-0.1, -0.05) is 24.3 Å². The van der Waals surface area contributed by atoms with E-state index in [4.69, 9.17) is 19.2 Å². The fourth-order valence-electron chi connectivity index (χ4n) is 4.50. The Bertz CT molecular complexity index is 1470. The molecule has 0 aliphatic carbocycles. The number of nitrogens with zero attached hydrogens (tertiary/aromatic N) is 4. The first kappa shape index (κ1) is 22.2. The van der Waals surface area contributed by atoms with Crippen molar-refractivity contribution in [2.24, 2.45) is 0 Å². The van der Waals surface area contributed by atoms with Gasteiger partial charge in [0.1, 0.15) is 11.5 Å². The zero-order chi connectivity index (χ0) is 24.6. The molecule has 4 aromatic rings. The van der Waals surface area contributed by atoms with Gasteiger partial charge in [0.25, 0.3) is 5.56 Å². The van der Waals surface area contributed by atoms with Gasteiger partial charge in [-0.25, -0.2) is 4.98 Å². The van der Waals surface area contributed by atoms with Crippen LogP contribution in [-0.4, -0.2) is 27.9 Å². The van der Waals surface area contributed by atoms with Crippen LogP contribution in [0.25, 0.3) is 0 Å². The van der Waals surface area contributed by atoms with Crippen molar-refractivity contribution in [2.45, 2.75) is 27.1 Å². The summed E-state index contributed by atoms with van der Waals surface area (Å²) >= 11 is 0. The molecule has 0 radical (unpaired) electrons. The van der Waals surface area contributed by atoms with Crippen molar-refractivity contribution in [3.63, 3.8) is 0 Å². The van der Waals surface area contributed by atoms with Crippen LogP contribution in [0.2, 0.25) is 0 Å². The van der Waals surface area contributed by atoms with Gasteiger partial charge in [0.05, 0.1) is 13.3 Å². The first-order valence-corrected chi connectivity index (χ1v) is 11.8. The first-order valence-electron chi connectivity index (χ1n) is 11.8. The molecule has 1 aromatic heterocycles. The van der Waals surface area contributed by atoms with Crippen LogP contribution in [-0.2, 0) is 13.2 Å². The molecule has 2 aliphatic rings. The second-order valence-electron chi connectivity index (χ2n) is 8.99. The average Bonchev–Trinajstić information content (AvgIpc) is 3.37. The summed E-state index contributed by atoms with van der Waals surface area (Å²) in [5.74, 6) is 3.67. The van der Waals surface area contributed by atoms with Crippen LogP contribution in [0.1, 0.15) is 16.8 Å². The van der Waals surface area contributed by atoms with Gasteiger partial charge in [0.2, 0.25) is 12.7 Å². The molecule has 0 atom stereocenters. The molecule has 2 aliphatic heterocycles. The Balaban J connectivity index is 1.31. The van der Waals surface area contributed by atoms with Crippen molar-refractivity contribution < 1.29 is 14.2 Å². The Morgan fingerprint density at radius 2 is 1.64 bits per heavy atom. The molecule has 0 saturated heterocycles. The molecule has 3 aromatic carbocycles. The molecular weight excluding hydrogens is 456 g/mol. The standard InChI is InChI=1S/C28H26N4O4/c1-19-20(2)29-28-31(22-9-11-24(12-10-22)36-23-6-4-3-5-7-23)16-30(17-32(28)27(19)33)15-21-8-13-25-26(14-21)35-18-34-25/h3-14H,15-18H2,1-2H3. The molecule has 182 valence electrons. The molecule has 0 saturated carbocycles. The van der Waals surface area contributed by atoms with Crippen LogP contribution in [0.15, 0.2) is 77.6 Å². The molecule has 0 fully saturated rings. The maximum Gasteiger partial charge on any atom is 0.259 e. The van der Waals surface area contributed by atoms with E-state index in [2.05, 4.69) is 9.80 Å². The van der Waals surface area contributed by atoms with Gasteiger partial charge in [-0.15, -0.1) is 0 Å². The second-order valence-corrected chi connectivity index (χ2v) is 8.99. The summed E-state index contributed by atoms with van der Waals surface area (Å²) in [6.07, 6.45) is 0. The Kier molecular flexibility index (Phi) is 5.58. The Hall–Kier alpha value is -4.30. The topological polar surface area (TPSA) is 69.1 Å². The summed E-state index contributed by atoms with van der Waals surface area (Å²) in [5.41, 5.74) is 3.38. The smallest absolute Gasteiger partial charge is 0.259 e. The van der Waals surface area contributed by atoms with Gasteiger partial charge in [0, 0.05) is 23.5 Å². The van der Waals surface area contributed by atoms with Crippen molar-refractivity contribution >= 4 is 11.6 Å². The largest absolute Gasteiger partial charge is 0.457 e. The number of anilines is 2. The summed E-state index contributed by atoms with van der Waals surface area (Å²) < 4.78 is 18.7. The third-order valence-corrected chi connectivity index (χ3v) is 6.51.